The second kappa shape index (κ2) is 6.92. The van der Waals surface area contributed by atoms with E-state index in [0.29, 0.717) is 5.92 Å². The van der Waals surface area contributed by atoms with E-state index >= 15 is 0 Å². The number of halogens is 1. The van der Waals surface area contributed by atoms with Crippen LogP contribution < -0.4 is 10.2 Å². The lowest BCUT2D eigenvalue weighted by Crippen LogP contribution is -2.51. The molecule has 3 nitrogen and oxygen atoms in total. The standard InChI is InChI=1S/C17H25FN2O/c1-4-13-8-15(19-17(21)12(2)3)11-20(10-13)16-7-5-6-14(18)9-16/h5-7,9,12-13,15H,4,8,10-11H2,1-3H3,(H,19,21). The second-order valence-corrected chi connectivity index (χ2v) is 6.26. The van der Waals surface area contributed by atoms with Crippen molar-refractivity contribution in [1.29, 1.82) is 0 Å². The Morgan fingerprint density at radius 2 is 2.19 bits per heavy atom. The zero-order valence-corrected chi connectivity index (χ0v) is 13.1. The van der Waals surface area contributed by atoms with Gasteiger partial charge >= 0.3 is 0 Å². The van der Waals surface area contributed by atoms with Crippen LogP contribution >= 0.6 is 0 Å². The van der Waals surface area contributed by atoms with Crippen LogP contribution in [0.15, 0.2) is 24.3 Å². The number of anilines is 1. The number of benzene rings is 1. The summed E-state index contributed by atoms with van der Waals surface area (Å²) in [7, 11) is 0. The van der Waals surface area contributed by atoms with Crippen molar-refractivity contribution in [2.75, 3.05) is 18.0 Å². The molecule has 1 aromatic carbocycles. The first-order valence-electron chi connectivity index (χ1n) is 7.80. The predicted molar refractivity (Wildman–Crippen MR) is 83.8 cm³/mol. The Balaban J connectivity index is 2.10. The Bertz CT molecular complexity index is 489. The molecule has 2 unspecified atom stereocenters. The number of carbonyl (C=O) groups excluding carboxylic acids is 1. The molecule has 1 saturated heterocycles. The van der Waals surface area contributed by atoms with Gasteiger partial charge in [0.1, 0.15) is 5.82 Å². The van der Waals surface area contributed by atoms with Crippen molar-refractivity contribution in [2.24, 2.45) is 11.8 Å². The highest BCUT2D eigenvalue weighted by atomic mass is 19.1. The van der Waals surface area contributed by atoms with Crippen molar-refractivity contribution in [3.8, 4) is 0 Å². The fourth-order valence-electron chi connectivity index (χ4n) is 2.86. The highest BCUT2D eigenvalue weighted by molar-refractivity contribution is 5.78. The van der Waals surface area contributed by atoms with E-state index in [1.807, 2.05) is 19.9 Å². The quantitative estimate of drug-likeness (QED) is 0.924. The molecular formula is C17H25FN2O. The van der Waals surface area contributed by atoms with Crippen molar-refractivity contribution in [3.63, 3.8) is 0 Å². The van der Waals surface area contributed by atoms with Gasteiger partial charge in [-0.2, -0.15) is 0 Å². The normalized spacial score (nSPS) is 22.4. The van der Waals surface area contributed by atoms with Gasteiger partial charge < -0.3 is 10.2 Å². The van der Waals surface area contributed by atoms with E-state index in [4.69, 9.17) is 0 Å². The van der Waals surface area contributed by atoms with E-state index in [9.17, 15) is 9.18 Å². The summed E-state index contributed by atoms with van der Waals surface area (Å²) >= 11 is 0. The number of nitrogens with zero attached hydrogens (tertiary/aromatic N) is 1. The number of rotatable bonds is 4. The molecular weight excluding hydrogens is 267 g/mol. The van der Waals surface area contributed by atoms with E-state index in [1.54, 1.807) is 12.1 Å². The maximum atomic E-state index is 13.4. The topological polar surface area (TPSA) is 32.3 Å². The molecule has 1 amide bonds. The summed E-state index contributed by atoms with van der Waals surface area (Å²) in [6.45, 7) is 7.65. The molecule has 2 atom stereocenters. The van der Waals surface area contributed by atoms with Gasteiger partial charge in [0.15, 0.2) is 0 Å². The van der Waals surface area contributed by atoms with Crippen LogP contribution in [0.5, 0.6) is 0 Å². The van der Waals surface area contributed by atoms with Crippen LogP contribution in [0.1, 0.15) is 33.6 Å². The summed E-state index contributed by atoms with van der Waals surface area (Å²) < 4.78 is 13.4. The zero-order valence-electron chi connectivity index (χ0n) is 13.1. The SMILES string of the molecule is CCC1CC(NC(=O)C(C)C)CN(c2cccc(F)c2)C1. The smallest absolute Gasteiger partial charge is 0.222 e. The lowest BCUT2D eigenvalue weighted by molar-refractivity contribution is -0.124. The Morgan fingerprint density at radius 3 is 2.81 bits per heavy atom. The Kier molecular flexibility index (Phi) is 5.21. The van der Waals surface area contributed by atoms with Crippen LogP contribution in [-0.4, -0.2) is 25.0 Å². The Morgan fingerprint density at radius 1 is 1.43 bits per heavy atom. The number of hydrogen-bond donors (Lipinski definition) is 1. The van der Waals surface area contributed by atoms with Crippen molar-refractivity contribution in [2.45, 2.75) is 39.7 Å². The first-order valence-corrected chi connectivity index (χ1v) is 7.80. The second-order valence-electron chi connectivity index (χ2n) is 6.26. The maximum Gasteiger partial charge on any atom is 0.222 e. The van der Waals surface area contributed by atoms with Crippen LogP contribution in [0.4, 0.5) is 10.1 Å². The van der Waals surface area contributed by atoms with Crippen molar-refractivity contribution in [1.82, 2.24) is 5.32 Å². The van der Waals surface area contributed by atoms with E-state index in [1.165, 1.54) is 6.07 Å². The minimum Gasteiger partial charge on any atom is -0.369 e. The van der Waals surface area contributed by atoms with Crippen molar-refractivity contribution < 1.29 is 9.18 Å². The molecule has 1 aliphatic rings. The summed E-state index contributed by atoms with van der Waals surface area (Å²) in [4.78, 5) is 14.1. The number of amides is 1. The van der Waals surface area contributed by atoms with Crippen LogP contribution in [0.25, 0.3) is 0 Å². The van der Waals surface area contributed by atoms with Crippen molar-refractivity contribution >= 4 is 11.6 Å². The van der Waals surface area contributed by atoms with Gasteiger partial charge in [0, 0.05) is 30.7 Å². The van der Waals surface area contributed by atoms with Gasteiger partial charge in [-0.3, -0.25) is 4.79 Å². The average molecular weight is 292 g/mol. The van der Waals surface area contributed by atoms with Gasteiger partial charge in [-0.25, -0.2) is 4.39 Å². The zero-order chi connectivity index (χ0) is 15.4. The molecule has 0 spiro atoms. The minimum atomic E-state index is -0.214. The summed E-state index contributed by atoms with van der Waals surface area (Å²) in [6, 6.07) is 6.84. The van der Waals surface area contributed by atoms with Gasteiger partial charge in [0.05, 0.1) is 0 Å². The Labute approximate surface area is 126 Å². The first kappa shape index (κ1) is 15.8. The average Bonchev–Trinajstić information content (AvgIpc) is 2.46. The summed E-state index contributed by atoms with van der Waals surface area (Å²) in [5, 5.41) is 3.12. The molecule has 0 bridgehead atoms. The molecule has 0 radical (unpaired) electrons. The molecule has 0 saturated carbocycles. The van der Waals surface area contributed by atoms with E-state index in [2.05, 4.69) is 17.1 Å². The first-order chi connectivity index (χ1) is 9.99. The monoisotopic (exact) mass is 292 g/mol. The number of hydrogen-bond acceptors (Lipinski definition) is 2. The molecule has 0 aliphatic carbocycles. The van der Waals surface area contributed by atoms with Crippen LogP contribution in [0, 0.1) is 17.7 Å². The van der Waals surface area contributed by atoms with Gasteiger partial charge in [0.25, 0.3) is 0 Å². The van der Waals surface area contributed by atoms with E-state index in [-0.39, 0.29) is 23.7 Å². The van der Waals surface area contributed by atoms with Gasteiger partial charge in [-0.1, -0.05) is 33.3 Å². The fourth-order valence-corrected chi connectivity index (χ4v) is 2.86. The number of nitrogens with one attached hydrogen (secondary N) is 1. The molecule has 1 aliphatic heterocycles. The third kappa shape index (κ3) is 4.19. The van der Waals surface area contributed by atoms with Gasteiger partial charge in [-0.05, 0) is 30.5 Å². The molecule has 116 valence electrons. The number of piperidine rings is 1. The van der Waals surface area contributed by atoms with Gasteiger partial charge in [0.2, 0.25) is 5.91 Å². The number of carbonyl (C=O) groups is 1. The molecule has 1 aromatic rings. The molecule has 4 heteroatoms. The van der Waals surface area contributed by atoms with Crippen LogP contribution in [0.3, 0.4) is 0 Å². The molecule has 1 N–H and O–H groups in total. The van der Waals surface area contributed by atoms with Gasteiger partial charge in [-0.15, -0.1) is 0 Å². The van der Waals surface area contributed by atoms with Crippen LogP contribution in [0.2, 0.25) is 0 Å². The summed E-state index contributed by atoms with van der Waals surface area (Å²) in [6.07, 6.45) is 2.07. The molecule has 2 rings (SSSR count). The fraction of sp³-hybridized carbons (Fsp3) is 0.588. The Hall–Kier alpha value is -1.58. The third-order valence-corrected chi connectivity index (χ3v) is 4.16. The third-order valence-electron chi connectivity index (χ3n) is 4.16. The molecule has 1 fully saturated rings. The minimum absolute atomic E-state index is 0.00498. The summed E-state index contributed by atoms with van der Waals surface area (Å²) in [5.74, 6) is 0.402. The van der Waals surface area contributed by atoms with E-state index in [0.717, 1.165) is 31.6 Å². The highest BCUT2D eigenvalue weighted by Gasteiger charge is 2.28. The lowest BCUT2D eigenvalue weighted by Gasteiger charge is -2.39. The lowest BCUT2D eigenvalue weighted by atomic mass is 9.91. The molecule has 0 aromatic heterocycles. The molecule has 21 heavy (non-hydrogen) atoms. The van der Waals surface area contributed by atoms with Crippen molar-refractivity contribution in [3.05, 3.63) is 30.1 Å². The van der Waals surface area contributed by atoms with Crippen LogP contribution in [-0.2, 0) is 4.79 Å². The van der Waals surface area contributed by atoms with E-state index < -0.39 is 0 Å². The largest absolute Gasteiger partial charge is 0.369 e. The maximum absolute atomic E-state index is 13.4. The highest BCUT2D eigenvalue weighted by Crippen LogP contribution is 2.25. The predicted octanol–water partition coefficient (Wildman–Crippen LogP) is 3.20. The molecule has 1 heterocycles. The summed E-state index contributed by atoms with van der Waals surface area (Å²) in [5.41, 5.74) is 0.900.